The van der Waals surface area contributed by atoms with E-state index in [0.29, 0.717) is 19.4 Å². The third kappa shape index (κ3) is 3.39. The van der Waals surface area contributed by atoms with E-state index in [1.54, 1.807) is 0 Å². The standard InChI is InChI=1S/C20H31N2O2/c1-5-20(17-11-9-8-10-12-17)14-13-18(23)21(19(20)24)15-16-22(4,6-2)7-3/h8-12H,5-7,13-16H2,1-4H3/q+1/t20-/m1/s1. The topological polar surface area (TPSA) is 37.4 Å². The number of piperidine rings is 1. The summed E-state index contributed by atoms with van der Waals surface area (Å²) in [4.78, 5) is 27.2. The van der Waals surface area contributed by atoms with Crippen LogP contribution in [0.2, 0.25) is 0 Å². The first-order valence-corrected chi connectivity index (χ1v) is 9.16. The van der Waals surface area contributed by atoms with Crippen LogP contribution in [0.3, 0.4) is 0 Å². The number of amides is 2. The van der Waals surface area contributed by atoms with E-state index in [1.807, 2.05) is 30.3 Å². The third-order valence-electron chi connectivity index (χ3n) is 6.04. The molecule has 132 valence electrons. The Morgan fingerprint density at radius 3 is 2.25 bits per heavy atom. The molecule has 1 saturated heterocycles. The molecule has 1 aliphatic heterocycles. The number of hydrogen-bond acceptors (Lipinski definition) is 2. The zero-order valence-electron chi connectivity index (χ0n) is 15.5. The summed E-state index contributed by atoms with van der Waals surface area (Å²) < 4.78 is 0.877. The van der Waals surface area contributed by atoms with Gasteiger partial charge in [-0.3, -0.25) is 14.5 Å². The van der Waals surface area contributed by atoms with E-state index in [-0.39, 0.29) is 11.8 Å². The Bertz CT molecular complexity index is 581. The summed E-state index contributed by atoms with van der Waals surface area (Å²) in [6, 6.07) is 9.96. The van der Waals surface area contributed by atoms with Crippen molar-refractivity contribution < 1.29 is 14.1 Å². The smallest absolute Gasteiger partial charge is 0.240 e. The summed E-state index contributed by atoms with van der Waals surface area (Å²) in [7, 11) is 2.18. The van der Waals surface area contributed by atoms with Gasteiger partial charge in [0.05, 0.1) is 38.6 Å². The first kappa shape index (κ1) is 18.7. The minimum atomic E-state index is -0.545. The second-order valence-corrected chi connectivity index (χ2v) is 7.13. The van der Waals surface area contributed by atoms with Gasteiger partial charge in [0, 0.05) is 6.42 Å². The monoisotopic (exact) mass is 331 g/mol. The van der Waals surface area contributed by atoms with Gasteiger partial charge in [-0.2, -0.15) is 0 Å². The predicted molar refractivity (Wildman–Crippen MR) is 96.5 cm³/mol. The third-order valence-corrected chi connectivity index (χ3v) is 6.04. The molecule has 0 radical (unpaired) electrons. The summed E-state index contributed by atoms with van der Waals surface area (Å²) >= 11 is 0. The van der Waals surface area contributed by atoms with Crippen LogP contribution in [0.5, 0.6) is 0 Å². The number of nitrogens with zero attached hydrogens (tertiary/aromatic N) is 2. The average molecular weight is 331 g/mol. The molecule has 1 fully saturated rings. The Kier molecular flexibility index (Phi) is 5.81. The Hall–Kier alpha value is -1.68. The van der Waals surface area contributed by atoms with Crippen LogP contribution in [0.4, 0.5) is 0 Å². The molecule has 0 aromatic heterocycles. The van der Waals surface area contributed by atoms with Gasteiger partial charge in [0.25, 0.3) is 0 Å². The summed E-state index contributed by atoms with van der Waals surface area (Å²) in [5, 5.41) is 0. The van der Waals surface area contributed by atoms with Crippen LogP contribution in [-0.4, -0.2) is 54.4 Å². The number of imide groups is 1. The predicted octanol–water partition coefficient (Wildman–Crippen LogP) is 2.97. The number of carbonyl (C=O) groups is 2. The lowest BCUT2D eigenvalue weighted by Gasteiger charge is -2.42. The largest absolute Gasteiger partial charge is 0.325 e. The lowest BCUT2D eigenvalue weighted by molar-refractivity contribution is -0.905. The maximum atomic E-state index is 13.3. The summed E-state index contributed by atoms with van der Waals surface area (Å²) in [6.45, 7) is 9.71. The Morgan fingerprint density at radius 2 is 1.71 bits per heavy atom. The van der Waals surface area contributed by atoms with Crippen molar-refractivity contribution in [1.29, 1.82) is 0 Å². The Morgan fingerprint density at radius 1 is 1.08 bits per heavy atom. The molecule has 1 heterocycles. The van der Waals surface area contributed by atoms with Gasteiger partial charge in [-0.05, 0) is 32.3 Å². The number of quaternary nitrogens is 1. The SMILES string of the molecule is CC[C@]1(c2ccccc2)CCC(=O)N(CC[N+](C)(CC)CC)C1=O. The first-order chi connectivity index (χ1) is 11.4. The fourth-order valence-corrected chi connectivity index (χ4v) is 3.60. The lowest BCUT2D eigenvalue weighted by Crippen LogP contribution is -2.57. The quantitative estimate of drug-likeness (QED) is 0.569. The zero-order chi connectivity index (χ0) is 17.8. The number of carbonyl (C=O) groups excluding carboxylic acids is 2. The Balaban J connectivity index is 2.26. The van der Waals surface area contributed by atoms with Crippen molar-refractivity contribution in [3.8, 4) is 0 Å². The van der Waals surface area contributed by atoms with Crippen LogP contribution in [0.25, 0.3) is 0 Å². The summed E-state index contributed by atoms with van der Waals surface area (Å²) in [5.74, 6) is -0.0232. The normalized spacial score (nSPS) is 22.1. The molecule has 0 unspecified atom stereocenters. The van der Waals surface area contributed by atoms with Gasteiger partial charge in [-0.15, -0.1) is 0 Å². The van der Waals surface area contributed by atoms with Gasteiger partial charge < -0.3 is 4.48 Å². The van der Waals surface area contributed by atoms with Gasteiger partial charge in [0.2, 0.25) is 11.8 Å². The molecule has 1 aliphatic rings. The average Bonchev–Trinajstić information content (AvgIpc) is 2.62. The van der Waals surface area contributed by atoms with Gasteiger partial charge in [-0.1, -0.05) is 37.3 Å². The van der Waals surface area contributed by atoms with E-state index in [2.05, 4.69) is 27.8 Å². The number of hydrogen-bond donors (Lipinski definition) is 0. The minimum Gasteiger partial charge on any atom is -0.325 e. The number of likely N-dealkylation sites (tertiary alicyclic amines) is 1. The number of rotatable bonds is 7. The Labute approximate surface area is 146 Å². The van der Waals surface area contributed by atoms with Crippen LogP contribution in [0, 0.1) is 0 Å². The highest BCUT2D eigenvalue weighted by atomic mass is 16.2. The number of likely N-dealkylation sites (N-methyl/N-ethyl adjacent to an activating group) is 1. The second-order valence-electron chi connectivity index (χ2n) is 7.13. The summed E-state index contributed by atoms with van der Waals surface area (Å²) in [5.41, 5.74) is 0.495. The van der Waals surface area contributed by atoms with E-state index in [1.165, 1.54) is 4.90 Å². The molecule has 0 aliphatic carbocycles. The highest BCUT2D eigenvalue weighted by Crippen LogP contribution is 2.38. The molecule has 0 saturated carbocycles. The molecule has 2 rings (SSSR count). The molecule has 0 bridgehead atoms. The van der Waals surface area contributed by atoms with Crippen molar-refractivity contribution in [3.05, 3.63) is 35.9 Å². The van der Waals surface area contributed by atoms with Crippen molar-refractivity contribution >= 4 is 11.8 Å². The van der Waals surface area contributed by atoms with Gasteiger partial charge in [-0.25, -0.2) is 0 Å². The molecule has 1 aromatic carbocycles. The van der Waals surface area contributed by atoms with E-state index >= 15 is 0 Å². The fraction of sp³-hybridized carbons (Fsp3) is 0.600. The maximum Gasteiger partial charge on any atom is 0.240 e. The second kappa shape index (κ2) is 7.47. The van der Waals surface area contributed by atoms with Crippen molar-refractivity contribution in [3.63, 3.8) is 0 Å². The van der Waals surface area contributed by atoms with Gasteiger partial charge >= 0.3 is 0 Å². The molecule has 0 N–H and O–H groups in total. The number of benzene rings is 1. The first-order valence-electron chi connectivity index (χ1n) is 9.16. The molecular weight excluding hydrogens is 300 g/mol. The highest BCUT2D eigenvalue weighted by molar-refractivity contribution is 6.03. The molecular formula is C20H31N2O2+. The summed E-state index contributed by atoms with van der Waals surface area (Å²) in [6.07, 6.45) is 1.80. The van der Waals surface area contributed by atoms with E-state index in [9.17, 15) is 9.59 Å². The van der Waals surface area contributed by atoms with Gasteiger partial charge in [0.1, 0.15) is 0 Å². The highest BCUT2D eigenvalue weighted by Gasteiger charge is 2.47. The van der Waals surface area contributed by atoms with Gasteiger partial charge in [0.15, 0.2) is 0 Å². The molecule has 0 spiro atoms. The van der Waals surface area contributed by atoms with Crippen molar-refractivity contribution in [2.24, 2.45) is 0 Å². The molecule has 4 nitrogen and oxygen atoms in total. The minimum absolute atomic E-state index is 0.00814. The van der Waals surface area contributed by atoms with Crippen LogP contribution >= 0.6 is 0 Å². The van der Waals surface area contributed by atoms with E-state index < -0.39 is 5.41 Å². The van der Waals surface area contributed by atoms with E-state index in [0.717, 1.165) is 36.1 Å². The van der Waals surface area contributed by atoms with Crippen LogP contribution < -0.4 is 0 Å². The lowest BCUT2D eigenvalue weighted by atomic mass is 9.71. The van der Waals surface area contributed by atoms with Crippen molar-refractivity contribution in [2.75, 3.05) is 33.2 Å². The van der Waals surface area contributed by atoms with E-state index in [4.69, 9.17) is 0 Å². The maximum absolute atomic E-state index is 13.3. The van der Waals surface area contributed by atoms with Crippen LogP contribution in [0.15, 0.2) is 30.3 Å². The molecule has 4 heteroatoms. The van der Waals surface area contributed by atoms with Crippen molar-refractivity contribution in [2.45, 2.75) is 45.4 Å². The van der Waals surface area contributed by atoms with Crippen molar-refractivity contribution in [1.82, 2.24) is 4.90 Å². The fourth-order valence-electron chi connectivity index (χ4n) is 3.60. The zero-order valence-corrected chi connectivity index (χ0v) is 15.5. The van der Waals surface area contributed by atoms with Crippen LogP contribution in [-0.2, 0) is 15.0 Å². The molecule has 1 aromatic rings. The van der Waals surface area contributed by atoms with Crippen LogP contribution in [0.1, 0.15) is 45.6 Å². The molecule has 2 amide bonds. The molecule has 1 atom stereocenters. The molecule has 24 heavy (non-hydrogen) atoms.